The molecule has 0 atom stereocenters. The van der Waals surface area contributed by atoms with E-state index in [2.05, 4.69) is 15.0 Å². The van der Waals surface area contributed by atoms with E-state index in [0.717, 1.165) is 10.5 Å². The number of carboxylic acid groups (broad SMARTS) is 1. The van der Waals surface area contributed by atoms with Gasteiger partial charge in [-0.15, -0.1) is 0 Å². The SMILES string of the molecule is Cc1cnc(Sc2ccc(C(=O)O)nc2)nc1. The van der Waals surface area contributed by atoms with Gasteiger partial charge in [0.25, 0.3) is 0 Å². The molecule has 2 heterocycles. The van der Waals surface area contributed by atoms with E-state index in [9.17, 15) is 4.79 Å². The summed E-state index contributed by atoms with van der Waals surface area (Å²) < 4.78 is 0. The first-order valence-electron chi connectivity index (χ1n) is 4.81. The summed E-state index contributed by atoms with van der Waals surface area (Å²) in [5.74, 6) is -1.03. The first-order valence-corrected chi connectivity index (χ1v) is 5.62. The van der Waals surface area contributed by atoms with E-state index in [0.29, 0.717) is 5.16 Å². The van der Waals surface area contributed by atoms with Gasteiger partial charge in [-0.2, -0.15) is 0 Å². The highest BCUT2D eigenvalue weighted by molar-refractivity contribution is 7.99. The van der Waals surface area contributed by atoms with Crippen molar-refractivity contribution in [3.8, 4) is 0 Å². The Labute approximate surface area is 102 Å². The molecule has 2 rings (SSSR count). The Balaban J connectivity index is 2.13. The summed E-state index contributed by atoms with van der Waals surface area (Å²) in [6, 6.07) is 3.14. The van der Waals surface area contributed by atoms with Gasteiger partial charge in [0.1, 0.15) is 5.69 Å². The molecule has 5 nitrogen and oxygen atoms in total. The molecule has 0 aromatic carbocycles. The number of carbonyl (C=O) groups is 1. The maximum Gasteiger partial charge on any atom is 0.354 e. The van der Waals surface area contributed by atoms with Crippen molar-refractivity contribution in [1.82, 2.24) is 15.0 Å². The summed E-state index contributed by atoms with van der Waals surface area (Å²) in [6.45, 7) is 1.91. The van der Waals surface area contributed by atoms with E-state index in [1.165, 1.54) is 24.0 Å². The minimum absolute atomic E-state index is 0.0270. The van der Waals surface area contributed by atoms with Gasteiger partial charge in [-0.05, 0) is 36.4 Å². The number of hydrogen-bond donors (Lipinski definition) is 1. The molecule has 0 radical (unpaired) electrons. The van der Waals surface area contributed by atoms with Gasteiger partial charge in [0.05, 0.1) is 0 Å². The molecule has 0 saturated heterocycles. The van der Waals surface area contributed by atoms with Crippen molar-refractivity contribution in [2.45, 2.75) is 17.0 Å². The van der Waals surface area contributed by atoms with E-state index in [-0.39, 0.29) is 5.69 Å². The third-order valence-electron chi connectivity index (χ3n) is 1.92. The molecule has 86 valence electrons. The summed E-state index contributed by atoms with van der Waals surface area (Å²) in [4.78, 5) is 23.5. The monoisotopic (exact) mass is 247 g/mol. The Hall–Kier alpha value is -1.95. The highest BCUT2D eigenvalue weighted by atomic mass is 32.2. The van der Waals surface area contributed by atoms with Crippen molar-refractivity contribution in [3.63, 3.8) is 0 Å². The molecule has 0 spiro atoms. The predicted molar refractivity (Wildman–Crippen MR) is 62.1 cm³/mol. The first-order chi connectivity index (χ1) is 8.15. The molecule has 0 aliphatic rings. The average molecular weight is 247 g/mol. The molecule has 0 bridgehead atoms. The Bertz CT molecular complexity index is 525. The van der Waals surface area contributed by atoms with Crippen LogP contribution >= 0.6 is 11.8 Å². The van der Waals surface area contributed by atoms with E-state index >= 15 is 0 Å². The fraction of sp³-hybridized carbons (Fsp3) is 0.0909. The third-order valence-corrected chi connectivity index (χ3v) is 2.79. The van der Waals surface area contributed by atoms with Crippen LogP contribution in [0.2, 0.25) is 0 Å². The standard InChI is InChI=1S/C11H9N3O2S/c1-7-4-13-11(14-5-7)17-8-2-3-9(10(15)16)12-6-8/h2-6H,1H3,(H,15,16). The second-order valence-electron chi connectivity index (χ2n) is 3.33. The summed E-state index contributed by atoms with van der Waals surface area (Å²) >= 11 is 1.34. The van der Waals surface area contributed by atoms with Crippen molar-refractivity contribution in [1.29, 1.82) is 0 Å². The number of carboxylic acids is 1. The topological polar surface area (TPSA) is 76.0 Å². The zero-order valence-corrected chi connectivity index (χ0v) is 9.81. The number of rotatable bonds is 3. The quantitative estimate of drug-likeness (QED) is 0.836. The molecule has 0 amide bonds. The lowest BCUT2D eigenvalue weighted by Gasteiger charge is -2.00. The lowest BCUT2D eigenvalue weighted by Crippen LogP contribution is -1.98. The number of aromatic carboxylic acids is 1. The van der Waals surface area contributed by atoms with Crippen molar-refractivity contribution < 1.29 is 9.90 Å². The lowest BCUT2D eigenvalue weighted by molar-refractivity contribution is 0.0690. The maximum atomic E-state index is 10.6. The van der Waals surface area contributed by atoms with E-state index in [4.69, 9.17) is 5.11 Å². The summed E-state index contributed by atoms with van der Waals surface area (Å²) in [6.07, 6.45) is 4.96. The van der Waals surface area contributed by atoms with Crippen LogP contribution in [0.4, 0.5) is 0 Å². The summed E-state index contributed by atoms with van der Waals surface area (Å²) in [7, 11) is 0. The fourth-order valence-corrected chi connectivity index (χ4v) is 1.77. The Morgan fingerprint density at radius 1 is 1.18 bits per heavy atom. The van der Waals surface area contributed by atoms with Crippen molar-refractivity contribution in [2.24, 2.45) is 0 Å². The predicted octanol–water partition coefficient (Wildman–Crippen LogP) is 2.03. The van der Waals surface area contributed by atoms with E-state index in [1.807, 2.05) is 6.92 Å². The molecule has 0 aliphatic heterocycles. The van der Waals surface area contributed by atoms with E-state index < -0.39 is 5.97 Å². The molecule has 6 heteroatoms. The number of nitrogens with zero attached hydrogens (tertiary/aromatic N) is 3. The molecule has 1 N–H and O–H groups in total. The van der Waals surface area contributed by atoms with Gasteiger partial charge in [0.2, 0.25) is 0 Å². The smallest absolute Gasteiger partial charge is 0.354 e. The highest BCUT2D eigenvalue weighted by Crippen LogP contribution is 2.23. The van der Waals surface area contributed by atoms with Crippen LogP contribution in [0.1, 0.15) is 16.1 Å². The molecule has 2 aromatic heterocycles. The average Bonchev–Trinajstić information content (AvgIpc) is 2.33. The molecule has 0 saturated carbocycles. The lowest BCUT2D eigenvalue weighted by atomic mass is 10.4. The van der Waals surface area contributed by atoms with Crippen LogP contribution in [0.15, 0.2) is 40.8 Å². The van der Waals surface area contributed by atoms with Gasteiger partial charge in [0, 0.05) is 23.5 Å². The fourth-order valence-electron chi connectivity index (χ4n) is 1.11. The maximum absolute atomic E-state index is 10.6. The third kappa shape index (κ3) is 3.01. The Morgan fingerprint density at radius 3 is 2.41 bits per heavy atom. The van der Waals surface area contributed by atoms with Crippen molar-refractivity contribution in [3.05, 3.63) is 42.0 Å². The van der Waals surface area contributed by atoms with Crippen LogP contribution < -0.4 is 0 Å². The molecule has 2 aromatic rings. The molecule has 0 unspecified atom stereocenters. The molecule has 17 heavy (non-hydrogen) atoms. The number of aryl methyl sites for hydroxylation is 1. The zero-order valence-electron chi connectivity index (χ0n) is 8.99. The number of pyridine rings is 1. The van der Waals surface area contributed by atoms with Gasteiger partial charge >= 0.3 is 5.97 Å². The van der Waals surface area contributed by atoms with Gasteiger partial charge in [0.15, 0.2) is 5.16 Å². The van der Waals surface area contributed by atoms with Gasteiger partial charge in [-0.3, -0.25) is 0 Å². The molecular formula is C11H9N3O2S. The van der Waals surface area contributed by atoms with Crippen LogP contribution in [0.25, 0.3) is 0 Å². The second-order valence-corrected chi connectivity index (χ2v) is 4.37. The van der Waals surface area contributed by atoms with Crippen LogP contribution in [0.3, 0.4) is 0 Å². The highest BCUT2D eigenvalue weighted by Gasteiger charge is 2.05. The van der Waals surface area contributed by atoms with E-state index in [1.54, 1.807) is 18.5 Å². The van der Waals surface area contributed by atoms with Gasteiger partial charge < -0.3 is 5.11 Å². The number of hydrogen-bond acceptors (Lipinski definition) is 5. The zero-order chi connectivity index (χ0) is 12.3. The molecule has 0 fully saturated rings. The first kappa shape index (κ1) is 11.5. The van der Waals surface area contributed by atoms with Crippen LogP contribution in [-0.4, -0.2) is 26.0 Å². The summed E-state index contributed by atoms with van der Waals surface area (Å²) in [5.41, 5.74) is 1.02. The van der Waals surface area contributed by atoms with Gasteiger partial charge in [-0.25, -0.2) is 19.7 Å². The number of aromatic nitrogens is 3. The van der Waals surface area contributed by atoms with Gasteiger partial charge in [-0.1, -0.05) is 0 Å². The normalized spacial score (nSPS) is 10.2. The van der Waals surface area contributed by atoms with Crippen molar-refractivity contribution in [2.75, 3.05) is 0 Å². The molecular weight excluding hydrogens is 238 g/mol. The molecule has 0 aliphatic carbocycles. The minimum Gasteiger partial charge on any atom is -0.477 e. The van der Waals surface area contributed by atoms with Crippen molar-refractivity contribution >= 4 is 17.7 Å². The van der Waals surface area contributed by atoms with Crippen LogP contribution in [-0.2, 0) is 0 Å². The Morgan fingerprint density at radius 2 is 1.88 bits per heavy atom. The largest absolute Gasteiger partial charge is 0.477 e. The van der Waals surface area contributed by atoms with Crippen LogP contribution in [0, 0.1) is 6.92 Å². The summed E-state index contributed by atoms with van der Waals surface area (Å²) in [5, 5.41) is 9.31. The second kappa shape index (κ2) is 4.92. The minimum atomic E-state index is -1.03. The Kier molecular flexibility index (Phi) is 3.34. The van der Waals surface area contributed by atoms with Crippen LogP contribution in [0.5, 0.6) is 0 Å².